The van der Waals surface area contributed by atoms with E-state index < -0.39 is 0 Å². The van der Waals surface area contributed by atoms with Crippen LogP contribution in [0.25, 0.3) is 0 Å². The summed E-state index contributed by atoms with van der Waals surface area (Å²) in [5, 5.41) is 15.9. The Bertz CT molecular complexity index is 709. The van der Waals surface area contributed by atoms with Crippen LogP contribution in [0.2, 0.25) is 0 Å². The van der Waals surface area contributed by atoms with Crippen molar-refractivity contribution in [1.82, 2.24) is 15.2 Å². The predicted octanol–water partition coefficient (Wildman–Crippen LogP) is 1.46. The lowest BCUT2D eigenvalue weighted by Gasteiger charge is -2.14. The van der Waals surface area contributed by atoms with Crippen molar-refractivity contribution in [3.63, 3.8) is 0 Å². The SMILES string of the molecule is Cc1cc(C(=O)NCC2CNCC2O)c(C)n1Cc1ccccc1. The molecule has 2 atom stereocenters. The van der Waals surface area contributed by atoms with Crippen molar-refractivity contribution in [1.29, 1.82) is 0 Å². The number of nitrogens with zero attached hydrogens (tertiary/aromatic N) is 1. The molecule has 0 spiro atoms. The number of aliphatic hydroxyl groups excluding tert-OH is 1. The maximum Gasteiger partial charge on any atom is 0.253 e. The van der Waals surface area contributed by atoms with Gasteiger partial charge in [0.25, 0.3) is 5.91 Å². The highest BCUT2D eigenvalue weighted by molar-refractivity contribution is 5.95. The number of aromatic nitrogens is 1. The summed E-state index contributed by atoms with van der Waals surface area (Å²) in [4.78, 5) is 12.5. The maximum atomic E-state index is 12.5. The number of nitrogens with one attached hydrogen (secondary N) is 2. The number of carbonyl (C=O) groups is 1. The van der Waals surface area contributed by atoms with Crippen LogP contribution in [-0.4, -0.2) is 41.3 Å². The van der Waals surface area contributed by atoms with Crippen LogP contribution < -0.4 is 10.6 Å². The van der Waals surface area contributed by atoms with Crippen LogP contribution in [0.1, 0.15) is 27.3 Å². The van der Waals surface area contributed by atoms with E-state index in [0.29, 0.717) is 18.7 Å². The van der Waals surface area contributed by atoms with Gasteiger partial charge in [0, 0.05) is 43.5 Å². The van der Waals surface area contributed by atoms with Crippen molar-refractivity contribution in [2.75, 3.05) is 19.6 Å². The molecule has 1 saturated heterocycles. The fourth-order valence-electron chi connectivity index (χ4n) is 3.29. The molecule has 3 rings (SSSR count). The molecule has 5 nitrogen and oxygen atoms in total. The van der Waals surface area contributed by atoms with Gasteiger partial charge in [-0.3, -0.25) is 4.79 Å². The van der Waals surface area contributed by atoms with E-state index >= 15 is 0 Å². The van der Waals surface area contributed by atoms with Crippen LogP contribution in [0.15, 0.2) is 36.4 Å². The van der Waals surface area contributed by atoms with Crippen LogP contribution in [0, 0.1) is 19.8 Å². The molecule has 0 saturated carbocycles. The van der Waals surface area contributed by atoms with Gasteiger partial charge in [0.1, 0.15) is 0 Å². The minimum absolute atomic E-state index is 0.0680. The molecule has 2 aromatic rings. The zero-order chi connectivity index (χ0) is 17.1. The van der Waals surface area contributed by atoms with Gasteiger partial charge >= 0.3 is 0 Å². The molecule has 2 heterocycles. The van der Waals surface area contributed by atoms with Crippen LogP contribution in [0.5, 0.6) is 0 Å². The van der Waals surface area contributed by atoms with E-state index in [1.54, 1.807) is 0 Å². The summed E-state index contributed by atoms with van der Waals surface area (Å²) in [6.45, 7) is 6.61. The van der Waals surface area contributed by atoms with Crippen LogP contribution >= 0.6 is 0 Å². The second kappa shape index (κ2) is 7.20. The monoisotopic (exact) mass is 327 g/mol. The second-order valence-electron chi connectivity index (χ2n) is 6.55. The number of benzene rings is 1. The first-order valence-corrected chi connectivity index (χ1v) is 8.44. The van der Waals surface area contributed by atoms with Gasteiger partial charge in [0.05, 0.1) is 11.7 Å². The average Bonchev–Trinajstić information content (AvgIpc) is 3.11. The Balaban J connectivity index is 1.69. The molecule has 0 bridgehead atoms. The summed E-state index contributed by atoms with van der Waals surface area (Å²) in [5.74, 6) is 0.0169. The number of amides is 1. The third kappa shape index (κ3) is 3.52. The van der Waals surface area contributed by atoms with E-state index in [-0.39, 0.29) is 17.9 Å². The molecule has 1 aromatic carbocycles. The number of hydrogen-bond donors (Lipinski definition) is 3. The van der Waals surface area contributed by atoms with E-state index in [2.05, 4.69) is 27.3 Å². The van der Waals surface area contributed by atoms with Crippen LogP contribution in [0.3, 0.4) is 0 Å². The lowest BCUT2D eigenvalue weighted by Crippen LogP contribution is -2.34. The molecule has 1 fully saturated rings. The lowest BCUT2D eigenvalue weighted by atomic mass is 10.1. The Labute approximate surface area is 142 Å². The molecule has 5 heteroatoms. The van der Waals surface area contributed by atoms with Crippen molar-refractivity contribution in [3.05, 3.63) is 58.9 Å². The summed E-state index contributed by atoms with van der Waals surface area (Å²) in [6, 6.07) is 12.2. The topological polar surface area (TPSA) is 66.3 Å². The van der Waals surface area contributed by atoms with Crippen molar-refractivity contribution in [3.8, 4) is 0 Å². The zero-order valence-corrected chi connectivity index (χ0v) is 14.2. The Morgan fingerprint density at radius 2 is 2.04 bits per heavy atom. The fraction of sp³-hybridized carbons (Fsp3) is 0.421. The highest BCUT2D eigenvalue weighted by Gasteiger charge is 2.25. The third-order valence-electron chi connectivity index (χ3n) is 4.83. The number of aryl methyl sites for hydroxylation is 1. The molecule has 3 N–H and O–H groups in total. The number of aliphatic hydroxyl groups is 1. The molecule has 1 amide bonds. The predicted molar refractivity (Wildman–Crippen MR) is 94.1 cm³/mol. The summed E-state index contributed by atoms with van der Waals surface area (Å²) >= 11 is 0. The van der Waals surface area contributed by atoms with Gasteiger partial charge < -0.3 is 20.3 Å². The van der Waals surface area contributed by atoms with Gasteiger partial charge in [-0.05, 0) is 25.5 Å². The molecule has 0 radical (unpaired) electrons. The van der Waals surface area contributed by atoms with E-state index in [4.69, 9.17) is 0 Å². The largest absolute Gasteiger partial charge is 0.391 e. The normalized spacial score (nSPS) is 20.3. The van der Waals surface area contributed by atoms with Crippen LogP contribution in [0.4, 0.5) is 0 Å². The first-order chi connectivity index (χ1) is 11.6. The highest BCUT2D eigenvalue weighted by atomic mass is 16.3. The summed E-state index contributed by atoms with van der Waals surface area (Å²) in [6.07, 6.45) is -0.379. The van der Waals surface area contributed by atoms with E-state index in [1.165, 1.54) is 5.56 Å². The number of hydrogen-bond acceptors (Lipinski definition) is 3. The van der Waals surface area contributed by atoms with Gasteiger partial charge in [-0.2, -0.15) is 0 Å². The lowest BCUT2D eigenvalue weighted by molar-refractivity contribution is 0.0926. The minimum Gasteiger partial charge on any atom is -0.391 e. The zero-order valence-electron chi connectivity index (χ0n) is 14.2. The van der Waals surface area contributed by atoms with Gasteiger partial charge in [0.2, 0.25) is 0 Å². The Morgan fingerprint density at radius 3 is 2.71 bits per heavy atom. The first-order valence-electron chi connectivity index (χ1n) is 8.44. The number of β-amino-alcohol motifs (C(OH)–C–C–N with tert-alkyl or cyclic N) is 1. The van der Waals surface area contributed by atoms with Gasteiger partial charge in [-0.25, -0.2) is 0 Å². The first kappa shape index (κ1) is 16.7. The van der Waals surface area contributed by atoms with E-state index in [1.807, 2.05) is 38.1 Å². The molecule has 24 heavy (non-hydrogen) atoms. The van der Waals surface area contributed by atoms with Gasteiger partial charge in [0.15, 0.2) is 0 Å². The van der Waals surface area contributed by atoms with Crippen molar-refractivity contribution < 1.29 is 9.90 Å². The van der Waals surface area contributed by atoms with Crippen molar-refractivity contribution in [2.45, 2.75) is 26.5 Å². The average molecular weight is 327 g/mol. The molecular weight excluding hydrogens is 302 g/mol. The van der Waals surface area contributed by atoms with E-state index in [9.17, 15) is 9.90 Å². The van der Waals surface area contributed by atoms with Crippen LogP contribution in [-0.2, 0) is 6.54 Å². The maximum absolute atomic E-state index is 12.5. The summed E-state index contributed by atoms with van der Waals surface area (Å²) in [7, 11) is 0. The Kier molecular flexibility index (Phi) is 5.02. The summed E-state index contributed by atoms with van der Waals surface area (Å²) in [5.41, 5.74) is 3.97. The Hall–Kier alpha value is -2.11. The smallest absolute Gasteiger partial charge is 0.253 e. The molecule has 1 aliphatic rings. The highest BCUT2D eigenvalue weighted by Crippen LogP contribution is 2.17. The molecular formula is C19H25N3O2. The second-order valence-corrected chi connectivity index (χ2v) is 6.55. The number of carbonyl (C=O) groups excluding carboxylic acids is 1. The minimum atomic E-state index is -0.379. The molecule has 2 unspecified atom stereocenters. The summed E-state index contributed by atoms with van der Waals surface area (Å²) < 4.78 is 2.16. The van der Waals surface area contributed by atoms with Gasteiger partial charge in [-0.1, -0.05) is 30.3 Å². The van der Waals surface area contributed by atoms with Gasteiger partial charge in [-0.15, -0.1) is 0 Å². The molecule has 0 aliphatic carbocycles. The Morgan fingerprint density at radius 1 is 1.29 bits per heavy atom. The molecule has 1 aliphatic heterocycles. The van der Waals surface area contributed by atoms with E-state index in [0.717, 1.165) is 24.5 Å². The quantitative estimate of drug-likeness (QED) is 0.779. The van der Waals surface area contributed by atoms with Crippen molar-refractivity contribution in [2.24, 2.45) is 5.92 Å². The molecule has 128 valence electrons. The standard InChI is InChI=1S/C19H25N3O2/c1-13-8-17(19(24)21-10-16-9-20-11-18(16)23)14(2)22(13)12-15-6-4-3-5-7-15/h3-8,16,18,20,23H,9-12H2,1-2H3,(H,21,24). The third-order valence-corrected chi connectivity index (χ3v) is 4.83. The molecule has 1 aromatic heterocycles. The fourth-order valence-corrected chi connectivity index (χ4v) is 3.29. The number of rotatable bonds is 5. The van der Waals surface area contributed by atoms with Crippen molar-refractivity contribution >= 4 is 5.91 Å².